The van der Waals surface area contributed by atoms with Crippen LogP contribution in [0.25, 0.3) is 11.1 Å². The highest BCUT2D eigenvalue weighted by molar-refractivity contribution is 7.89. The lowest BCUT2D eigenvalue weighted by Crippen LogP contribution is -2.27. The SMILES string of the molecule is N=NN=C(N)c1c(-c2ccc(C3CCNC3)cc2)ccc(CCC2CCC(N)CC2)c1S(N)(=O)=O. The van der Waals surface area contributed by atoms with Crippen molar-refractivity contribution in [2.45, 2.75) is 61.8 Å². The molecule has 2 aliphatic rings. The number of hydrogen-bond donors (Lipinski definition) is 5. The Morgan fingerprint density at radius 2 is 1.77 bits per heavy atom. The van der Waals surface area contributed by atoms with Gasteiger partial charge in [-0.05, 0) is 85.6 Å². The number of nitrogens with zero attached hydrogens (tertiary/aromatic N) is 2. The van der Waals surface area contributed by atoms with Gasteiger partial charge in [0.1, 0.15) is 0 Å². The van der Waals surface area contributed by atoms with Gasteiger partial charge < -0.3 is 16.8 Å². The topological polar surface area (TPSA) is 173 Å². The van der Waals surface area contributed by atoms with Crippen LogP contribution < -0.4 is 21.9 Å². The lowest BCUT2D eigenvalue weighted by atomic mass is 9.82. The van der Waals surface area contributed by atoms with Gasteiger partial charge in [0.25, 0.3) is 0 Å². The second kappa shape index (κ2) is 10.9. The third-order valence-electron chi connectivity index (χ3n) is 7.40. The normalized spacial score (nSPS) is 23.4. The Balaban J connectivity index is 1.74. The summed E-state index contributed by atoms with van der Waals surface area (Å²) in [7, 11) is -4.13. The van der Waals surface area contributed by atoms with Crippen LogP contribution in [0.1, 0.15) is 61.1 Å². The quantitative estimate of drug-likeness (QED) is 0.163. The van der Waals surface area contributed by atoms with Gasteiger partial charge in [-0.1, -0.05) is 41.6 Å². The summed E-state index contributed by atoms with van der Waals surface area (Å²) in [6.45, 7) is 1.96. The maximum absolute atomic E-state index is 12.9. The van der Waals surface area contributed by atoms with Crippen LogP contribution in [0, 0.1) is 11.4 Å². The molecule has 1 unspecified atom stereocenters. The molecule has 0 bridgehead atoms. The zero-order valence-corrected chi connectivity index (χ0v) is 20.7. The highest BCUT2D eigenvalue weighted by Crippen LogP contribution is 2.35. The molecule has 0 aromatic heterocycles. The van der Waals surface area contributed by atoms with Crippen LogP contribution in [-0.4, -0.2) is 33.4 Å². The molecule has 1 atom stereocenters. The summed E-state index contributed by atoms with van der Waals surface area (Å²) in [6.07, 6.45) is 6.56. The summed E-state index contributed by atoms with van der Waals surface area (Å²) >= 11 is 0. The van der Waals surface area contributed by atoms with Crippen molar-refractivity contribution in [2.75, 3.05) is 13.1 Å². The van der Waals surface area contributed by atoms with Gasteiger partial charge >= 0.3 is 0 Å². The van der Waals surface area contributed by atoms with E-state index < -0.39 is 10.0 Å². The maximum atomic E-state index is 12.9. The van der Waals surface area contributed by atoms with Gasteiger partial charge in [0, 0.05) is 18.2 Å². The van der Waals surface area contributed by atoms with Crippen LogP contribution in [0.2, 0.25) is 0 Å². The fraction of sp³-hybridized carbons (Fsp3) is 0.480. The van der Waals surface area contributed by atoms with Gasteiger partial charge in [0.2, 0.25) is 10.0 Å². The van der Waals surface area contributed by atoms with E-state index in [-0.39, 0.29) is 22.3 Å². The fourth-order valence-electron chi connectivity index (χ4n) is 5.46. The monoisotopic (exact) mass is 497 g/mol. The number of amidine groups is 1. The number of nitrogens with two attached hydrogens (primary N) is 3. The summed E-state index contributed by atoms with van der Waals surface area (Å²) in [5.41, 5.74) is 22.8. The van der Waals surface area contributed by atoms with Crippen LogP contribution in [-0.2, 0) is 16.4 Å². The Bertz CT molecular complexity index is 1180. The number of sulfonamides is 1. The van der Waals surface area contributed by atoms with E-state index in [0.29, 0.717) is 29.4 Å². The van der Waals surface area contributed by atoms with Crippen molar-refractivity contribution in [1.29, 1.82) is 5.53 Å². The van der Waals surface area contributed by atoms with E-state index in [4.69, 9.17) is 22.1 Å². The van der Waals surface area contributed by atoms with E-state index in [0.717, 1.165) is 57.2 Å². The van der Waals surface area contributed by atoms with Gasteiger partial charge in [-0.25, -0.2) is 13.6 Å². The van der Waals surface area contributed by atoms with Crippen molar-refractivity contribution in [3.63, 3.8) is 0 Å². The predicted molar refractivity (Wildman–Crippen MR) is 138 cm³/mol. The molecule has 8 N–H and O–H groups in total. The molecule has 1 heterocycles. The minimum atomic E-state index is -4.13. The molecule has 10 heteroatoms. The molecule has 2 aromatic carbocycles. The molecule has 1 aliphatic carbocycles. The third kappa shape index (κ3) is 5.95. The zero-order valence-electron chi connectivity index (χ0n) is 19.9. The fourth-order valence-corrected chi connectivity index (χ4v) is 6.49. The minimum Gasteiger partial charge on any atom is -0.382 e. The first-order chi connectivity index (χ1) is 16.8. The lowest BCUT2D eigenvalue weighted by Gasteiger charge is -2.26. The van der Waals surface area contributed by atoms with Gasteiger partial charge in [0.05, 0.1) is 4.90 Å². The predicted octanol–water partition coefficient (Wildman–Crippen LogP) is 3.18. The maximum Gasteiger partial charge on any atom is 0.239 e. The number of hydrogen-bond acceptors (Lipinski definition) is 6. The summed E-state index contributed by atoms with van der Waals surface area (Å²) in [5, 5.41) is 15.8. The van der Waals surface area contributed by atoms with Gasteiger partial charge in [0.15, 0.2) is 5.84 Å². The Kier molecular flexibility index (Phi) is 7.95. The van der Waals surface area contributed by atoms with Crippen LogP contribution in [0.4, 0.5) is 0 Å². The Hall–Kier alpha value is -2.66. The molecule has 35 heavy (non-hydrogen) atoms. The Morgan fingerprint density at radius 3 is 2.37 bits per heavy atom. The standard InChI is InChI=1S/C25H35N7O2S/c26-21-10-2-16(3-11-21)1-4-19-9-12-22(23(25(27)31-32-28)24(19)35(29,33)34)18-7-5-17(6-8-18)20-13-14-30-15-20/h5-9,12,16,20-21,30H,1-4,10-11,13-15,26H2,(H3,27,28,31)(H2,29,33,34). The second-order valence-corrected chi connectivity index (χ2v) is 11.2. The average molecular weight is 498 g/mol. The summed E-state index contributed by atoms with van der Waals surface area (Å²) < 4.78 is 25.7. The molecular formula is C25H35N7O2S. The molecule has 9 nitrogen and oxygen atoms in total. The zero-order chi connectivity index (χ0) is 25.0. The Labute approximate surface area is 207 Å². The first-order valence-corrected chi connectivity index (χ1v) is 13.8. The minimum absolute atomic E-state index is 0.0310. The molecule has 0 amide bonds. The van der Waals surface area contributed by atoms with Crippen molar-refractivity contribution in [1.82, 2.24) is 5.32 Å². The summed E-state index contributed by atoms with van der Waals surface area (Å²) in [4.78, 5) is -0.0310. The highest BCUT2D eigenvalue weighted by Gasteiger charge is 2.27. The molecule has 0 spiro atoms. The largest absolute Gasteiger partial charge is 0.382 e. The summed E-state index contributed by atoms with van der Waals surface area (Å²) in [5.74, 6) is 0.820. The number of benzene rings is 2. The van der Waals surface area contributed by atoms with Crippen molar-refractivity contribution in [3.05, 3.63) is 53.1 Å². The molecule has 1 saturated heterocycles. The third-order valence-corrected chi connectivity index (χ3v) is 8.44. The molecule has 2 fully saturated rings. The van der Waals surface area contributed by atoms with Crippen LogP contribution in [0.3, 0.4) is 0 Å². The van der Waals surface area contributed by atoms with Crippen molar-refractivity contribution in [3.8, 4) is 11.1 Å². The molecule has 1 saturated carbocycles. The van der Waals surface area contributed by atoms with E-state index in [1.54, 1.807) is 0 Å². The average Bonchev–Trinajstić information content (AvgIpc) is 3.38. The molecule has 0 radical (unpaired) electrons. The molecule has 1 aliphatic heterocycles. The van der Waals surface area contributed by atoms with Gasteiger partial charge in [-0.15, -0.1) is 5.10 Å². The number of primary sulfonamides is 1. The van der Waals surface area contributed by atoms with Crippen molar-refractivity contribution >= 4 is 15.9 Å². The van der Waals surface area contributed by atoms with Crippen LogP contribution in [0.5, 0.6) is 0 Å². The van der Waals surface area contributed by atoms with Crippen molar-refractivity contribution < 1.29 is 8.42 Å². The lowest BCUT2D eigenvalue weighted by molar-refractivity contribution is 0.310. The van der Waals surface area contributed by atoms with E-state index in [9.17, 15) is 8.42 Å². The van der Waals surface area contributed by atoms with E-state index >= 15 is 0 Å². The number of rotatable bonds is 8. The molecule has 4 rings (SSSR count). The van der Waals surface area contributed by atoms with Crippen molar-refractivity contribution in [2.24, 2.45) is 32.8 Å². The van der Waals surface area contributed by atoms with Gasteiger partial charge in [-0.3, -0.25) is 0 Å². The molecular weight excluding hydrogens is 462 g/mol. The van der Waals surface area contributed by atoms with E-state index in [2.05, 4.69) is 27.8 Å². The van der Waals surface area contributed by atoms with E-state index in [1.165, 1.54) is 5.56 Å². The number of aryl methyl sites for hydroxylation is 1. The Morgan fingerprint density at radius 1 is 1.06 bits per heavy atom. The first-order valence-electron chi connectivity index (χ1n) is 12.2. The van der Waals surface area contributed by atoms with Crippen LogP contribution >= 0.6 is 0 Å². The molecule has 2 aromatic rings. The van der Waals surface area contributed by atoms with E-state index in [1.807, 2.05) is 24.3 Å². The van der Waals surface area contributed by atoms with Crippen LogP contribution in [0.15, 0.2) is 51.6 Å². The highest BCUT2D eigenvalue weighted by atomic mass is 32.2. The molecule has 188 valence electrons. The second-order valence-electron chi connectivity index (χ2n) is 9.74. The smallest absolute Gasteiger partial charge is 0.239 e. The first kappa shape index (κ1) is 25.4. The van der Waals surface area contributed by atoms with Gasteiger partial charge in [-0.2, -0.15) is 5.53 Å². The summed E-state index contributed by atoms with van der Waals surface area (Å²) in [6, 6.07) is 12.0. The number of nitrogens with one attached hydrogen (secondary N) is 2.